The lowest BCUT2D eigenvalue weighted by Gasteiger charge is -2.30. The van der Waals surface area contributed by atoms with Gasteiger partial charge in [0.15, 0.2) is 0 Å². The normalized spacial score (nSPS) is 23.7. The Kier molecular flexibility index (Phi) is 4.31. The molecule has 18 heavy (non-hydrogen) atoms. The van der Waals surface area contributed by atoms with Crippen LogP contribution < -0.4 is 5.32 Å². The Balaban J connectivity index is 2.17. The van der Waals surface area contributed by atoms with Gasteiger partial charge in [0.2, 0.25) is 0 Å². The number of carbonyl (C=O) groups is 1. The molecule has 98 valence electrons. The minimum absolute atomic E-state index is 0.117. The van der Waals surface area contributed by atoms with Crippen molar-refractivity contribution in [2.24, 2.45) is 5.92 Å². The van der Waals surface area contributed by atoms with E-state index in [0.717, 1.165) is 18.5 Å². The number of nitrogens with one attached hydrogen (secondary N) is 1. The SMILES string of the molecule is CCOC(=O)[C@@H]1CNCC[C@H]1c1ccc(F)cc1. The predicted molar refractivity (Wildman–Crippen MR) is 66.8 cm³/mol. The fraction of sp³-hybridized carbons (Fsp3) is 0.500. The van der Waals surface area contributed by atoms with Gasteiger partial charge in [-0.3, -0.25) is 4.79 Å². The highest BCUT2D eigenvalue weighted by molar-refractivity contribution is 5.74. The van der Waals surface area contributed by atoms with E-state index in [4.69, 9.17) is 4.74 Å². The van der Waals surface area contributed by atoms with E-state index in [1.807, 2.05) is 0 Å². The highest BCUT2D eigenvalue weighted by atomic mass is 19.1. The van der Waals surface area contributed by atoms with Gasteiger partial charge in [-0.25, -0.2) is 4.39 Å². The fourth-order valence-corrected chi connectivity index (χ4v) is 2.46. The van der Waals surface area contributed by atoms with Gasteiger partial charge in [0.1, 0.15) is 5.82 Å². The van der Waals surface area contributed by atoms with Gasteiger partial charge >= 0.3 is 5.97 Å². The summed E-state index contributed by atoms with van der Waals surface area (Å²) in [5.74, 6) is -0.477. The molecule has 0 unspecified atom stereocenters. The maximum absolute atomic E-state index is 12.9. The fourth-order valence-electron chi connectivity index (χ4n) is 2.46. The zero-order chi connectivity index (χ0) is 13.0. The second kappa shape index (κ2) is 5.96. The Morgan fingerprint density at radius 1 is 1.44 bits per heavy atom. The van der Waals surface area contributed by atoms with Crippen molar-refractivity contribution in [3.8, 4) is 0 Å². The molecule has 0 aliphatic carbocycles. The predicted octanol–water partition coefficient (Wildman–Crippen LogP) is 2.08. The van der Waals surface area contributed by atoms with E-state index in [2.05, 4.69) is 5.32 Å². The highest BCUT2D eigenvalue weighted by Crippen LogP contribution is 2.31. The van der Waals surface area contributed by atoms with Crippen LogP contribution in [0.3, 0.4) is 0 Å². The molecule has 3 nitrogen and oxygen atoms in total. The molecule has 0 bridgehead atoms. The molecule has 1 saturated heterocycles. The second-order valence-electron chi connectivity index (χ2n) is 4.51. The van der Waals surface area contributed by atoms with Gasteiger partial charge in [-0.2, -0.15) is 0 Å². The van der Waals surface area contributed by atoms with E-state index in [1.54, 1.807) is 19.1 Å². The van der Waals surface area contributed by atoms with E-state index >= 15 is 0 Å². The van der Waals surface area contributed by atoms with Crippen molar-refractivity contribution >= 4 is 5.97 Å². The molecule has 1 aromatic rings. The number of carbonyl (C=O) groups excluding carboxylic acids is 1. The average Bonchev–Trinajstić information content (AvgIpc) is 2.40. The third-order valence-corrected chi connectivity index (χ3v) is 3.37. The molecular formula is C14H18FNO2. The summed E-state index contributed by atoms with van der Waals surface area (Å²) in [5, 5.41) is 3.21. The minimum atomic E-state index is -0.250. The van der Waals surface area contributed by atoms with E-state index in [0.29, 0.717) is 13.2 Å². The first-order valence-corrected chi connectivity index (χ1v) is 6.35. The van der Waals surface area contributed by atoms with Gasteiger partial charge in [-0.05, 0) is 43.5 Å². The van der Waals surface area contributed by atoms with Gasteiger partial charge < -0.3 is 10.1 Å². The molecule has 0 saturated carbocycles. The maximum Gasteiger partial charge on any atom is 0.310 e. The van der Waals surface area contributed by atoms with Crippen molar-refractivity contribution in [3.63, 3.8) is 0 Å². The third kappa shape index (κ3) is 2.88. The first-order chi connectivity index (χ1) is 8.72. The number of piperidine rings is 1. The molecule has 4 heteroatoms. The van der Waals surface area contributed by atoms with E-state index in [1.165, 1.54) is 12.1 Å². The number of hydrogen-bond acceptors (Lipinski definition) is 3. The van der Waals surface area contributed by atoms with Crippen LogP contribution in [0.1, 0.15) is 24.8 Å². The summed E-state index contributed by atoms with van der Waals surface area (Å²) in [4.78, 5) is 11.9. The summed E-state index contributed by atoms with van der Waals surface area (Å²) in [6.07, 6.45) is 0.870. The zero-order valence-corrected chi connectivity index (χ0v) is 10.5. The second-order valence-corrected chi connectivity index (χ2v) is 4.51. The first kappa shape index (κ1) is 13.0. The number of esters is 1. The van der Waals surface area contributed by atoms with Crippen molar-refractivity contribution in [1.29, 1.82) is 0 Å². The van der Waals surface area contributed by atoms with Crippen molar-refractivity contribution in [2.45, 2.75) is 19.3 Å². The summed E-state index contributed by atoms with van der Waals surface area (Å²) in [7, 11) is 0. The van der Waals surface area contributed by atoms with Crippen LogP contribution >= 0.6 is 0 Å². The molecule has 0 radical (unpaired) electrons. The lowest BCUT2D eigenvalue weighted by atomic mass is 9.81. The van der Waals surface area contributed by atoms with Crippen LogP contribution in [0.15, 0.2) is 24.3 Å². The quantitative estimate of drug-likeness (QED) is 0.836. The smallest absolute Gasteiger partial charge is 0.310 e. The molecule has 0 aromatic heterocycles. The van der Waals surface area contributed by atoms with Crippen molar-refractivity contribution in [2.75, 3.05) is 19.7 Å². The number of hydrogen-bond donors (Lipinski definition) is 1. The van der Waals surface area contributed by atoms with E-state index < -0.39 is 0 Å². The molecule has 1 aliphatic heterocycles. The van der Waals surface area contributed by atoms with Gasteiger partial charge in [-0.15, -0.1) is 0 Å². The van der Waals surface area contributed by atoms with Crippen LogP contribution in [0.5, 0.6) is 0 Å². The standard InChI is InChI=1S/C14H18FNO2/c1-2-18-14(17)13-9-16-8-7-12(13)10-3-5-11(15)6-4-10/h3-6,12-13,16H,2,7-9H2,1H3/t12-,13+/m0/s1. The van der Waals surface area contributed by atoms with Gasteiger partial charge in [0, 0.05) is 6.54 Å². The first-order valence-electron chi connectivity index (χ1n) is 6.35. The lowest BCUT2D eigenvalue weighted by molar-refractivity contribution is -0.149. The summed E-state index contributed by atoms with van der Waals surface area (Å²) < 4.78 is 18.0. The summed E-state index contributed by atoms with van der Waals surface area (Å²) in [6, 6.07) is 6.41. The Bertz CT molecular complexity index is 405. The molecule has 1 N–H and O–H groups in total. The van der Waals surface area contributed by atoms with Crippen LogP contribution in [0.2, 0.25) is 0 Å². The number of halogens is 1. The number of rotatable bonds is 3. The van der Waals surface area contributed by atoms with Crippen LogP contribution in [0.4, 0.5) is 4.39 Å². The van der Waals surface area contributed by atoms with E-state index in [-0.39, 0.29) is 23.6 Å². The molecule has 1 heterocycles. The van der Waals surface area contributed by atoms with Crippen molar-refractivity contribution < 1.29 is 13.9 Å². The highest BCUT2D eigenvalue weighted by Gasteiger charge is 2.32. The molecule has 1 aliphatic rings. The van der Waals surface area contributed by atoms with Gasteiger partial charge in [0.05, 0.1) is 12.5 Å². The minimum Gasteiger partial charge on any atom is -0.466 e. The summed E-state index contributed by atoms with van der Waals surface area (Å²) in [6.45, 7) is 3.70. The zero-order valence-electron chi connectivity index (χ0n) is 10.5. The van der Waals surface area contributed by atoms with Crippen LogP contribution in [0, 0.1) is 11.7 Å². The summed E-state index contributed by atoms with van der Waals surface area (Å²) in [5.41, 5.74) is 1.01. The average molecular weight is 251 g/mol. The number of ether oxygens (including phenoxy) is 1. The molecule has 1 aromatic carbocycles. The third-order valence-electron chi connectivity index (χ3n) is 3.37. The van der Waals surface area contributed by atoms with Gasteiger partial charge in [0.25, 0.3) is 0 Å². The monoisotopic (exact) mass is 251 g/mol. The molecule has 0 amide bonds. The molecule has 1 fully saturated rings. The van der Waals surface area contributed by atoms with Crippen molar-refractivity contribution in [3.05, 3.63) is 35.6 Å². The Morgan fingerprint density at radius 2 is 2.17 bits per heavy atom. The molecule has 0 spiro atoms. The maximum atomic E-state index is 12.9. The van der Waals surface area contributed by atoms with Crippen LogP contribution in [-0.2, 0) is 9.53 Å². The molecule has 2 rings (SSSR count). The molecule has 2 atom stereocenters. The topological polar surface area (TPSA) is 38.3 Å². The summed E-state index contributed by atoms with van der Waals surface area (Å²) >= 11 is 0. The number of benzene rings is 1. The van der Waals surface area contributed by atoms with Gasteiger partial charge in [-0.1, -0.05) is 12.1 Å². The molecular weight excluding hydrogens is 233 g/mol. The van der Waals surface area contributed by atoms with Crippen LogP contribution in [0.25, 0.3) is 0 Å². The van der Waals surface area contributed by atoms with Crippen LogP contribution in [-0.4, -0.2) is 25.7 Å². The lowest BCUT2D eigenvalue weighted by Crippen LogP contribution is -2.40. The Labute approximate surface area is 106 Å². The Morgan fingerprint density at radius 3 is 2.83 bits per heavy atom. The largest absolute Gasteiger partial charge is 0.466 e. The Hall–Kier alpha value is -1.42. The van der Waals surface area contributed by atoms with Crippen molar-refractivity contribution in [1.82, 2.24) is 5.32 Å². The van der Waals surface area contributed by atoms with E-state index in [9.17, 15) is 9.18 Å².